The average molecular weight is 236 g/mol. The lowest BCUT2D eigenvalue weighted by Crippen LogP contribution is -2.17. The number of ether oxygens (including phenoxy) is 1. The fraction of sp³-hybridized carbons (Fsp3) is 0.727. The molecule has 16 heavy (non-hydrogen) atoms. The molecule has 0 atom stereocenters. The number of halogens is 3. The van der Waals surface area contributed by atoms with E-state index in [1.165, 1.54) is 0 Å². The Labute approximate surface area is 92.5 Å². The van der Waals surface area contributed by atoms with Gasteiger partial charge in [-0.3, -0.25) is 4.79 Å². The maximum absolute atomic E-state index is 11.7. The SMILES string of the molecule is O=C1C=C(CCCOCC(F)(F)F)CCC1. The highest BCUT2D eigenvalue weighted by molar-refractivity contribution is 5.91. The van der Waals surface area contributed by atoms with Crippen LogP contribution in [0.2, 0.25) is 0 Å². The molecule has 0 radical (unpaired) electrons. The predicted molar refractivity (Wildman–Crippen MR) is 53.0 cm³/mol. The number of ketones is 1. The van der Waals surface area contributed by atoms with E-state index in [2.05, 4.69) is 4.74 Å². The van der Waals surface area contributed by atoms with E-state index in [0.29, 0.717) is 19.3 Å². The van der Waals surface area contributed by atoms with Crippen molar-refractivity contribution < 1.29 is 22.7 Å². The van der Waals surface area contributed by atoms with Crippen LogP contribution in [0.25, 0.3) is 0 Å². The standard InChI is InChI=1S/C11H15F3O2/c12-11(13,14)8-16-6-2-4-9-3-1-5-10(15)7-9/h7H,1-6,8H2. The minimum Gasteiger partial charge on any atom is -0.372 e. The molecule has 0 unspecified atom stereocenters. The maximum atomic E-state index is 11.7. The van der Waals surface area contributed by atoms with Crippen LogP contribution in [-0.2, 0) is 9.53 Å². The van der Waals surface area contributed by atoms with E-state index in [-0.39, 0.29) is 12.4 Å². The quantitative estimate of drug-likeness (QED) is 0.686. The first kappa shape index (κ1) is 13.2. The second-order valence-electron chi connectivity index (χ2n) is 3.89. The predicted octanol–water partition coefficient (Wildman–Crippen LogP) is 3.02. The minimum atomic E-state index is -4.25. The lowest BCUT2D eigenvalue weighted by atomic mass is 9.95. The molecule has 0 aromatic heterocycles. The number of alkyl halides is 3. The van der Waals surface area contributed by atoms with Gasteiger partial charge in [0, 0.05) is 13.0 Å². The molecule has 1 rings (SSSR count). The van der Waals surface area contributed by atoms with Gasteiger partial charge in [0.15, 0.2) is 5.78 Å². The lowest BCUT2D eigenvalue weighted by molar-refractivity contribution is -0.174. The van der Waals surface area contributed by atoms with Gasteiger partial charge in [-0.15, -0.1) is 0 Å². The van der Waals surface area contributed by atoms with Gasteiger partial charge in [-0.05, 0) is 31.8 Å². The Kier molecular flexibility index (Phi) is 4.99. The van der Waals surface area contributed by atoms with E-state index in [9.17, 15) is 18.0 Å². The summed E-state index contributed by atoms with van der Waals surface area (Å²) in [4.78, 5) is 11.0. The van der Waals surface area contributed by atoms with Gasteiger partial charge in [0.1, 0.15) is 6.61 Å². The Balaban J connectivity index is 2.09. The van der Waals surface area contributed by atoms with Gasteiger partial charge in [0.2, 0.25) is 0 Å². The smallest absolute Gasteiger partial charge is 0.372 e. The molecular formula is C11H15F3O2. The largest absolute Gasteiger partial charge is 0.411 e. The van der Waals surface area contributed by atoms with E-state index < -0.39 is 12.8 Å². The third kappa shape index (κ3) is 5.90. The summed E-state index contributed by atoms with van der Waals surface area (Å²) < 4.78 is 39.6. The molecule has 0 saturated heterocycles. The van der Waals surface area contributed by atoms with Crippen LogP contribution in [0.5, 0.6) is 0 Å². The Morgan fingerprint density at radius 2 is 2.06 bits per heavy atom. The summed E-state index contributed by atoms with van der Waals surface area (Å²) in [6.07, 6.45) is 0.888. The number of hydrogen-bond acceptors (Lipinski definition) is 2. The molecule has 2 nitrogen and oxygen atoms in total. The average Bonchev–Trinajstić information content (AvgIpc) is 2.15. The van der Waals surface area contributed by atoms with Crippen molar-refractivity contribution in [3.8, 4) is 0 Å². The maximum Gasteiger partial charge on any atom is 0.411 e. The summed E-state index contributed by atoms with van der Waals surface area (Å²) in [5.74, 6) is 0.123. The number of hydrogen-bond donors (Lipinski definition) is 0. The first-order valence-corrected chi connectivity index (χ1v) is 5.34. The molecule has 0 aromatic carbocycles. The van der Waals surface area contributed by atoms with Crippen LogP contribution < -0.4 is 0 Å². The number of carbonyl (C=O) groups excluding carboxylic acids is 1. The Morgan fingerprint density at radius 3 is 2.69 bits per heavy atom. The highest BCUT2D eigenvalue weighted by Crippen LogP contribution is 2.20. The number of allylic oxidation sites excluding steroid dienone is 2. The van der Waals surface area contributed by atoms with E-state index >= 15 is 0 Å². The monoisotopic (exact) mass is 236 g/mol. The zero-order valence-electron chi connectivity index (χ0n) is 8.98. The van der Waals surface area contributed by atoms with Crippen molar-refractivity contribution in [1.29, 1.82) is 0 Å². The minimum absolute atomic E-state index is 0.0883. The van der Waals surface area contributed by atoms with Crippen LogP contribution in [0.4, 0.5) is 13.2 Å². The van der Waals surface area contributed by atoms with Crippen molar-refractivity contribution in [3.05, 3.63) is 11.6 Å². The summed E-state index contributed by atoms with van der Waals surface area (Å²) in [5.41, 5.74) is 1.03. The lowest BCUT2D eigenvalue weighted by Gasteiger charge is -2.12. The number of carbonyl (C=O) groups is 1. The van der Waals surface area contributed by atoms with Crippen LogP contribution in [0.3, 0.4) is 0 Å². The molecule has 0 saturated carbocycles. The van der Waals surface area contributed by atoms with Gasteiger partial charge < -0.3 is 4.74 Å². The molecule has 1 aliphatic rings. The fourth-order valence-electron chi connectivity index (χ4n) is 1.65. The molecule has 1 aliphatic carbocycles. The first-order valence-electron chi connectivity index (χ1n) is 5.34. The van der Waals surface area contributed by atoms with E-state index in [1.54, 1.807) is 6.08 Å². The molecule has 0 amide bonds. The van der Waals surface area contributed by atoms with Crippen LogP contribution in [0.1, 0.15) is 32.1 Å². The van der Waals surface area contributed by atoms with Crippen LogP contribution in [-0.4, -0.2) is 25.2 Å². The first-order chi connectivity index (χ1) is 7.47. The molecule has 0 aromatic rings. The van der Waals surface area contributed by atoms with Crippen LogP contribution in [0, 0.1) is 0 Å². The third-order valence-corrected chi connectivity index (χ3v) is 2.34. The normalized spacial score (nSPS) is 17.4. The van der Waals surface area contributed by atoms with Crippen LogP contribution >= 0.6 is 0 Å². The van der Waals surface area contributed by atoms with Crippen molar-refractivity contribution >= 4 is 5.78 Å². The van der Waals surface area contributed by atoms with E-state index in [4.69, 9.17) is 0 Å². The Hall–Kier alpha value is -0.840. The summed E-state index contributed by atoms with van der Waals surface area (Å²) >= 11 is 0. The summed E-state index contributed by atoms with van der Waals surface area (Å²) in [6, 6.07) is 0. The fourth-order valence-corrected chi connectivity index (χ4v) is 1.65. The highest BCUT2D eigenvalue weighted by atomic mass is 19.4. The van der Waals surface area contributed by atoms with E-state index in [0.717, 1.165) is 18.4 Å². The van der Waals surface area contributed by atoms with Crippen molar-refractivity contribution in [1.82, 2.24) is 0 Å². The zero-order chi connectivity index (χ0) is 12.0. The summed E-state index contributed by atoms with van der Waals surface area (Å²) in [5, 5.41) is 0. The molecule has 0 fully saturated rings. The number of rotatable bonds is 5. The Morgan fingerprint density at radius 1 is 1.31 bits per heavy atom. The van der Waals surface area contributed by atoms with Gasteiger partial charge >= 0.3 is 6.18 Å². The molecule has 0 heterocycles. The molecule has 5 heteroatoms. The summed E-state index contributed by atoms with van der Waals surface area (Å²) in [7, 11) is 0. The van der Waals surface area contributed by atoms with Gasteiger partial charge in [0.25, 0.3) is 0 Å². The van der Waals surface area contributed by atoms with Gasteiger partial charge in [0.05, 0.1) is 0 Å². The van der Waals surface area contributed by atoms with Crippen molar-refractivity contribution in [2.24, 2.45) is 0 Å². The van der Waals surface area contributed by atoms with Crippen LogP contribution in [0.15, 0.2) is 11.6 Å². The van der Waals surface area contributed by atoms with Crippen molar-refractivity contribution in [2.75, 3.05) is 13.2 Å². The molecule has 0 aliphatic heterocycles. The second kappa shape index (κ2) is 6.03. The van der Waals surface area contributed by atoms with E-state index in [1.807, 2.05) is 0 Å². The molecule has 0 N–H and O–H groups in total. The molecule has 0 spiro atoms. The summed E-state index contributed by atoms with van der Waals surface area (Å²) in [6.45, 7) is -1.10. The van der Waals surface area contributed by atoms with Gasteiger partial charge in [-0.25, -0.2) is 0 Å². The highest BCUT2D eigenvalue weighted by Gasteiger charge is 2.27. The van der Waals surface area contributed by atoms with Gasteiger partial charge in [-0.1, -0.05) is 5.57 Å². The topological polar surface area (TPSA) is 26.3 Å². The zero-order valence-corrected chi connectivity index (χ0v) is 8.98. The second-order valence-corrected chi connectivity index (χ2v) is 3.89. The molecule has 92 valence electrons. The third-order valence-electron chi connectivity index (χ3n) is 2.34. The van der Waals surface area contributed by atoms with Crippen molar-refractivity contribution in [2.45, 2.75) is 38.3 Å². The van der Waals surface area contributed by atoms with Gasteiger partial charge in [-0.2, -0.15) is 13.2 Å². The van der Waals surface area contributed by atoms with Crippen molar-refractivity contribution in [3.63, 3.8) is 0 Å². The Bertz CT molecular complexity index is 269. The molecule has 0 bridgehead atoms. The molecular weight excluding hydrogens is 221 g/mol.